The summed E-state index contributed by atoms with van der Waals surface area (Å²) in [5.41, 5.74) is 15.7. The van der Waals surface area contributed by atoms with Gasteiger partial charge in [0.05, 0.1) is 13.7 Å². The molecule has 16 aromatic carbocycles. The van der Waals surface area contributed by atoms with Gasteiger partial charge in [-0.15, -0.1) is 0 Å². The molecule has 410 valence electrons. The standard InChI is InChI=1S/C48H30O.C38H24O/c1-2-14-33(15-3-1)45-38-18-6-8-20-40(38)46(41-21-9-7-19-39(41)45)34-27-25-32(26-28-34)36-29-30-44-48(42-22-10-11-24-43(42)49-44)47(36)37-23-12-16-31-13-4-5-17-35(31)37;1-2-12-25(13-3-1)36-29-16-4-6-18-31(29)37(32-19-7-5-17-30(32)36)27-15-10-14-26(24-27)28-21-11-23-35-38(28)33-20-8-9-22-34(33)39-35/h1-30H;1-24H/i1D,2D,3D,14D,15D;1D,2D,3D,12D,13D. The van der Waals surface area contributed by atoms with Gasteiger partial charge in [-0.1, -0.05) is 297 Å². The lowest BCUT2D eigenvalue weighted by Crippen LogP contribution is -1.91. The number of para-hydroxylation sites is 2. The molecule has 0 aliphatic rings. The van der Waals surface area contributed by atoms with E-state index in [1.165, 1.54) is 10.8 Å². The fourth-order valence-electron chi connectivity index (χ4n) is 13.6. The highest BCUT2D eigenvalue weighted by Crippen LogP contribution is 2.49. The van der Waals surface area contributed by atoms with Crippen LogP contribution < -0.4 is 0 Å². The lowest BCUT2D eigenvalue weighted by molar-refractivity contribution is 0.668. The molecule has 0 saturated heterocycles. The van der Waals surface area contributed by atoms with Gasteiger partial charge in [0.25, 0.3) is 0 Å². The number of hydrogen-bond acceptors (Lipinski definition) is 2. The van der Waals surface area contributed by atoms with Gasteiger partial charge in [-0.2, -0.15) is 0 Å². The van der Waals surface area contributed by atoms with E-state index < -0.39 is 12.1 Å². The molecular formula is C86H54O2. The van der Waals surface area contributed by atoms with E-state index in [0.29, 0.717) is 11.1 Å². The maximum atomic E-state index is 8.88. The molecule has 0 fully saturated rings. The molecular weight excluding hydrogens is 1060 g/mol. The molecule has 0 saturated carbocycles. The molecule has 0 atom stereocenters. The Balaban J connectivity index is 0.000000150. The van der Waals surface area contributed by atoms with E-state index in [1.54, 1.807) is 0 Å². The van der Waals surface area contributed by atoms with Crippen molar-refractivity contribution in [2.45, 2.75) is 0 Å². The second-order valence-electron chi connectivity index (χ2n) is 22.1. The molecule has 2 heteroatoms. The molecule has 0 aliphatic heterocycles. The SMILES string of the molecule is [2H]c1c([2H])c([2H])c(-c2c3ccccc3c(-c3ccc(-c4ccc5oc6ccccc6c5c4-c4cccc5ccccc45)cc3)c3ccccc23)c([2H])c1[2H].[2H]c1c([2H])c([2H])c(-c2c3ccccc3c(-c3cccc(-c4cccc5oc6ccccc6c45)c3)c3ccccc23)c([2H])c1[2H]. The fraction of sp³-hybridized carbons (Fsp3) is 0. The second kappa shape index (κ2) is 21.2. The van der Waals surface area contributed by atoms with E-state index in [-0.39, 0.29) is 59.5 Å². The van der Waals surface area contributed by atoms with Crippen molar-refractivity contribution in [2.24, 2.45) is 0 Å². The Morgan fingerprint density at radius 3 is 1.12 bits per heavy atom. The zero-order valence-corrected chi connectivity index (χ0v) is 47.2. The number of fused-ring (bicyclic) bond motifs is 11. The van der Waals surface area contributed by atoms with E-state index in [2.05, 4.69) is 140 Å². The minimum absolute atomic E-state index is 0.207. The second-order valence-corrected chi connectivity index (χ2v) is 22.1. The first-order chi connectivity index (χ1) is 47.8. The zero-order chi connectivity index (χ0) is 66.8. The normalized spacial score (nSPS) is 13.2. The van der Waals surface area contributed by atoms with E-state index in [4.69, 9.17) is 22.5 Å². The van der Waals surface area contributed by atoms with Gasteiger partial charge in [-0.25, -0.2) is 0 Å². The fourth-order valence-corrected chi connectivity index (χ4v) is 13.6. The first kappa shape index (κ1) is 41.4. The van der Waals surface area contributed by atoms with Gasteiger partial charge in [0.1, 0.15) is 22.3 Å². The van der Waals surface area contributed by atoms with Crippen molar-refractivity contribution in [2.75, 3.05) is 0 Å². The van der Waals surface area contributed by atoms with E-state index in [0.717, 1.165) is 143 Å². The summed E-state index contributed by atoms with van der Waals surface area (Å²) in [5, 5.41) is 13.7. The number of rotatable bonds is 7. The van der Waals surface area contributed by atoms with Crippen LogP contribution in [0.4, 0.5) is 0 Å². The van der Waals surface area contributed by atoms with Crippen molar-refractivity contribution in [3.05, 3.63) is 327 Å². The van der Waals surface area contributed by atoms with Gasteiger partial charge < -0.3 is 8.83 Å². The highest BCUT2D eigenvalue weighted by atomic mass is 16.3. The Morgan fingerprint density at radius 1 is 0.205 bits per heavy atom. The van der Waals surface area contributed by atoms with Gasteiger partial charge >= 0.3 is 0 Å². The molecule has 2 aromatic heterocycles. The van der Waals surface area contributed by atoms with E-state index in [9.17, 15) is 0 Å². The Hall–Kier alpha value is -11.6. The monoisotopic (exact) mass is 1130 g/mol. The van der Waals surface area contributed by atoms with Gasteiger partial charge in [-0.3, -0.25) is 0 Å². The summed E-state index contributed by atoms with van der Waals surface area (Å²) in [6, 6.07) is 87.7. The van der Waals surface area contributed by atoms with Crippen molar-refractivity contribution in [1.29, 1.82) is 0 Å². The molecule has 0 bridgehead atoms. The smallest absolute Gasteiger partial charge is 0.136 e. The van der Waals surface area contributed by atoms with Crippen LogP contribution in [0.1, 0.15) is 13.7 Å². The predicted octanol–water partition coefficient (Wildman–Crippen LogP) is 24.6. The van der Waals surface area contributed by atoms with Gasteiger partial charge in [0.2, 0.25) is 0 Å². The van der Waals surface area contributed by atoms with Crippen LogP contribution in [0.5, 0.6) is 0 Å². The average molecular weight is 1130 g/mol. The molecule has 88 heavy (non-hydrogen) atoms. The summed E-state index contributed by atoms with van der Waals surface area (Å²) in [7, 11) is 0. The van der Waals surface area contributed by atoms with Crippen molar-refractivity contribution in [3.63, 3.8) is 0 Å². The van der Waals surface area contributed by atoms with Crippen LogP contribution in [0.25, 0.3) is 176 Å². The van der Waals surface area contributed by atoms with Crippen LogP contribution in [-0.4, -0.2) is 0 Å². The summed E-state index contributed by atoms with van der Waals surface area (Å²) in [6.45, 7) is 0. The molecule has 2 heterocycles. The van der Waals surface area contributed by atoms with E-state index in [1.807, 2.05) is 127 Å². The lowest BCUT2D eigenvalue weighted by Gasteiger charge is -2.18. The topological polar surface area (TPSA) is 26.3 Å². The van der Waals surface area contributed by atoms with Crippen molar-refractivity contribution >= 4 is 97.7 Å². The molecule has 18 aromatic rings. The van der Waals surface area contributed by atoms with Crippen LogP contribution in [0.15, 0.2) is 336 Å². The molecule has 18 rings (SSSR count). The van der Waals surface area contributed by atoms with Crippen LogP contribution in [0.2, 0.25) is 0 Å². The lowest BCUT2D eigenvalue weighted by atomic mass is 9.85. The Morgan fingerprint density at radius 2 is 0.580 bits per heavy atom. The summed E-state index contributed by atoms with van der Waals surface area (Å²) in [6.07, 6.45) is 0. The molecule has 0 spiro atoms. The van der Waals surface area contributed by atoms with Crippen molar-refractivity contribution in [3.8, 4) is 77.9 Å². The maximum absolute atomic E-state index is 8.88. The average Bonchev–Trinajstić information content (AvgIpc) is 0.949. The first-order valence-electron chi connectivity index (χ1n) is 34.4. The summed E-state index contributed by atoms with van der Waals surface area (Å²) in [5.74, 6) is 0. The summed E-state index contributed by atoms with van der Waals surface area (Å²) < 4.78 is 97.9. The van der Waals surface area contributed by atoms with E-state index >= 15 is 0 Å². The van der Waals surface area contributed by atoms with Gasteiger partial charge in [0, 0.05) is 27.1 Å². The number of hydrogen-bond donors (Lipinski definition) is 0. The minimum Gasteiger partial charge on any atom is -0.456 e. The Kier molecular flexibility index (Phi) is 9.98. The molecule has 0 aliphatic carbocycles. The van der Waals surface area contributed by atoms with Crippen LogP contribution in [0.3, 0.4) is 0 Å². The van der Waals surface area contributed by atoms with Crippen LogP contribution in [-0.2, 0) is 0 Å². The summed E-state index contributed by atoms with van der Waals surface area (Å²) in [4.78, 5) is 0. The molecule has 0 unspecified atom stereocenters. The minimum atomic E-state index is -0.400. The third-order valence-electron chi connectivity index (χ3n) is 17.3. The number of benzene rings is 16. The van der Waals surface area contributed by atoms with Crippen molar-refractivity contribution in [1.82, 2.24) is 0 Å². The maximum Gasteiger partial charge on any atom is 0.136 e. The Bertz CT molecular complexity index is 6210. The predicted molar refractivity (Wildman–Crippen MR) is 373 cm³/mol. The van der Waals surface area contributed by atoms with Crippen LogP contribution >= 0.6 is 0 Å². The zero-order valence-electron chi connectivity index (χ0n) is 57.2. The highest BCUT2D eigenvalue weighted by molar-refractivity contribution is 6.24. The molecule has 0 N–H and O–H groups in total. The van der Waals surface area contributed by atoms with Gasteiger partial charge in [-0.05, 0) is 157 Å². The third kappa shape index (κ3) is 8.41. The Labute approximate surface area is 523 Å². The quantitative estimate of drug-likeness (QED) is 0.149. The van der Waals surface area contributed by atoms with Gasteiger partial charge in [0.15, 0.2) is 0 Å². The largest absolute Gasteiger partial charge is 0.456 e. The highest BCUT2D eigenvalue weighted by Gasteiger charge is 2.22. The van der Waals surface area contributed by atoms with Crippen LogP contribution in [0, 0.1) is 0 Å². The molecule has 2 nitrogen and oxygen atoms in total. The van der Waals surface area contributed by atoms with Crippen molar-refractivity contribution < 1.29 is 22.5 Å². The number of furan rings is 2. The first-order valence-corrected chi connectivity index (χ1v) is 29.4. The summed E-state index contributed by atoms with van der Waals surface area (Å²) >= 11 is 0. The molecule has 0 amide bonds. The third-order valence-corrected chi connectivity index (χ3v) is 17.3. The molecule has 0 radical (unpaired) electrons.